The molecule has 0 heterocycles. The average Bonchev–Trinajstić information content (AvgIpc) is 1.67. The molecule has 8 heavy (non-hydrogen) atoms. The Balaban J connectivity index is 3.46. The summed E-state index contributed by atoms with van der Waals surface area (Å²) >= 11 is 5.86. The van der Waals surface area contributed by atoms with Crippen LogP contribution >= 0.6 is 17.9 Å². The van der Waals surface area contributed by atoms with Gasteiger partial charge in [0.15, 0.2) is 11.8 Å². The number of hydrogen-bond acceptors (Lipinski definition) is 3. The van der Waals surface area contributed by atoms with Crippen LogP contribution in [0.1, 0.15) is 6.92 Å². The minimum atomic E-state index is -0.785. The van der Waals surface area contributed by atoms with Crippen LogP contribution in [0, 0.1) is 0 Å². The fourth-order valence-electron chi connectivity index (χ4n) is 0.123. The summed E-state index contributed by atoms with van der Waals surface area (Å²) in [5, 5.41) is 7.91. The van der Waals surface area contributed by atoms with E-state index >= 15 is 0 Å². The molecule has 0 radical (unpaired) electrons. The lowest BCUT2D eigenvalue weighted by Gasteiger charge is -1.90. The van der Waals surface area contributed by atoms with Gasteiger partial charge in [-0.05, 0) is 6.92 Å². The van der Waals surface area contributed by atoms with Gasteiger partial charge in [0.05, 0.1) is 0 Å². The van der Waals surface area contributed by atoms with Gasteiger partial charge >= 0.3 is 5.97 Å². The first-order valence-corrected chi connectivity index (χ1v) is 5.68. The van der Waals surface area contributed by atoms with Crippen molar-refractivity contribution in [2.45, 2.75) is 12.2 Å². The van der Waals surface area contributed by atoms with Crippen molar-refractivity contribution in [2.24, 2.45) is 0 Å². The minimum Gasteiger partial charge on any atom is -0.480 e. The predicted octanol–water partition coefficient (Wildman–Crippen LogP) is 1.25. The standard InChI is InChI=1S/C3H5O2PS2/c1-2(3(4)5)8-6-7/h2H,1H3,(H,4,5)/p+1. The normalized spacial score (nSPS) is 13.6. The molecule has 0 saturated carbocycles. The molecule has 0 saturated heterocycles. The van der Waals surface area contributed by atoms with E-state index in [4.69, 9.17) is 5.11 Å². The molecule has 0 amide bonds. The van der Waals surface area contributed by atoms with E-state index in [0.717, 1.165) is 0 Å². The molecule has 5 heteroatoms. The van der Waals surface area contributed by atoms with Crippen LogP contribution in [0.2, 0.25) is 0 Å². The van der Waals surface area contributed by atoms with Crippen molar-refractivity contribution in [3.8, 4) is 0 Å². The van der Waals surface area contributed by atoms with E-state index in [1.54, 1.807) is 6.92 Å². The summed E-state index contributed by atoms with van der Waals surface area (Å²) in [7, 11) is 0. The Bertz CT molecular complexity index is 105. The van der Waals surface area contributed by atoms with Crippen LogP contribution < -0.4 is 0 Å². The van der Waals surface area contributed by atoms with E-state index in [-0.39, 0.29) is 11.8 Å². The largest absolute Gasteiger partial charge is 0.480 e. The Morgan fingerprint density at radius 1 is 2.00 bits per heavy atom. The highest BCUT2D eigenvalue weighted by Gasteiger charge is 2.13. The Kier molecular flexibility index (Phi) is 4.42. The maximum atomic E-state index is 10.0. The van der Waals surface area contributed by atoms with Gasteiger partial charge in [-0.3, -0.25) is 4.79 Å². The van der Waals surface area contributed by atoms with Crippen LogP contribution in [0.25, 0.3) is 0 Å². The predicted molar refractivity (Wildman–Crippen MR) is 40.4 cm³/mol. The molecule has 0 aliphatic rings. The monoisotopic (exact) mass is 169 g/mol. The Morgan fingerprint density at radius 2 is 2.50 bits per heavy atom. The third-order valence-corrected chi connectivity index (χ3v) is 3.44. The van der Waals surface area contributed by atoms with Gasteiger partial charge in [0.25, 0.3) is 0 Å². The third kappa shape index (κ3) is 3.36. The summed E-state index contributed by atoms with van der Waals surface area (Å²) in [6, 6.07) is 0. The SMILES string of the molecule is CC(S[PH+]=S)C(=O)O. The summed E-state index contributed by atoms with van der Waals surface area (Å²) in [6.07, 6.45) is 0. The Hall–Kier alpha value is 0.340. The van der Waals surface area contributed by atoms with Crippen molar-refractivity contribution in [1.82, 2.24) is 0 Å². The molecule has 0 rings (SSSR count). The lowest BCUT2D eigenvalue weighted by Crippen LogP contribution is -2.08. The number of carboxylic acid groups (broad SMARTS) is 1. The summed E-state index contributed by atoms with van der Waals surface area (Å²) in [5.41, 5.74) is 0. The maximum Gasteiger partial charge on any atom is 0.320 e. The summed E-state index contributed by atoms with van der Waals surface area (Å²) in [4.78, 5) is 10.0. The molecule has 0 fully saturated rings. The molecule has 0 spiro atoms. The second-order valence-corrected chi connectivity index (χ2v) is 5.00. The number of hydrogen-bond donors (Lipinski definition) is 1. The van der Waals surface area contributed by atoms with E-state index in [1.807, 2.05) is 0 Å². The van der Waals surface area contributed by atoms with E-state index < -0.39 is 5.97 Å². The van der Waals surface area contributed by atoms with Gasteiger partial charge in [-0.1, -0.05) is 0 Å². The van der Waals surface area contributed by atoms with Crippen LogP contribution in [-0.2, 0) is 16.6 Å². The zero-order valence-corrected chi connectivity index (χ0v) is 6.88. The highest BCUT2D eigenvalue weighted by Crippen LogP contribution is 2.23. The summed E-state index contributed by atoms with van der Waals surface area (Å²) in [6.45, 7) is 1.88. The second kappa shape index (κ2) is 4.24. The van der Waals surface area contributed by atoms with Gasteiger partial charge in [-0.2, -0.15) is 0 Å². The Labute approximate surface area is 58.2 Å². The first kappa shape index (κ1) is 8.34. The van der Waals surface area contributed by atoms with Crippen LogP contribution in [0.4, 0.5) is 0 Å². The highest BCUT2D eigenvalue weighted by atomic mass is 32.9. The topological polar surface area (TPSA) is 37.3 Å². The van der Waals surface area contributed by atoms with Gasteiger partial charge < -0.3 is 5.11 Å². The first-order valence-electron chi connectivity index (χ1n) is 1.94. The number of rotatable bonds is 3. The molecule has 0 aromatic rings. The molecule has 2 atom stereocenters. The van der Waals surface area contributed by atoms with Gasteiger partial charge in [0, 0.05) is 0 Å². The zero-order valence-electron chi connectivity index (χ0n) is 4.25. The van der Waals surface area contributed by atoms with Gasteiger partial charge in [-0.25, -0.2) is 0 Å². The van der Waals surface area contributed by atoms with Crippen molar-refractivity contribution < 1.29 is 9.90 Å². The molecule has 2 nitrogen and oxygen atoms in total. The summed E-state index contributed by atoms with van der Waals surface area (Å²) < 4.78 is 0. The highest BCUT2D eigenvalue weighted by molar-refractivity contribution is 8.58. The number of aliphatic carboxylic acids is 1. The van der Waals surface area contributed by atoms with E-state index in [0.29, 0.717) is 0 Å². The molecule has 2 unspecified atom stereocenters. The molecular weight excluding hydrogens is 163 g/mol. The van der Waals surface area contributed by atoms with Gasteiger partial charge in [-0.15, -0.1) is 0 Å². The van der Waals surface area contributed by atoms with Crippen molar-refractivity contribution in [2.75, 3.05) is 0 Å². The molecule has 1 N–H and O–H groups in total. The third-order valence-electron chi connectivity index (χ3n) is 0.573. The van der Waals surface area contributed by atoms with Crippen molar-refractivity contribution >= 4 is 35.7 Å². The smallest absolute Gasteiger partial charge is 0.320 e. The van der Waals surface area contributed by atoms with E-state index in [9.17, 15) is 4.79 Å². The number of carbonyl (C=O) groups is 1. The summed E-state index contributed by atoms with van der Waals surface area (Å²) in [5.74, 6) is -0.785. The van der Waals surface area contributed by atoms with E-state index in [1.165, 1.54) is 11.4 Å². The zero-order chi connectivity index (χ0) is 6.57. The van der Waals surface area contributed by atoms with Gasteiger partial charge in [0.2, 0.25) is 6.56 Å². The second-order valence-electron chi connectivity index (χ2n) is 1.18. The van der Waals surface area contributed by atoms with Crippen LogP contribution in [-0.4, -0.2) is 16.3 Å². The lowest BCUT2D eigenvalue weighted by atomic mass is 10.5. The fourth-order valence-corrected chi connectivity index (χ4v) is 2.40. The molecule has 0 bridgehead atoms. The maximum absolute atomic E-state index is 10.0. The molecular formula is C3H6O2PS2+. The Morgan fingerprint density at radius 3 is 2.62 bits per heavy atom. The molecule has 0 aliphatic heterocycles. The van der Waals surface area contributed by atoms with Crippen LogP contribution in [0.3, 0.4) is 0 Å². The van der Waals surface area contributed by atoms with Crippen LogP contribution in [0.15, 0.2) is 0 Å². The molecule has 0 aromatic heterocycles. The van der Waals surface area contributed by atoms with E-state index in [2.05, 4.69) is 11.8 Å². The average molecular weight is 169 g/mol. The molecule has 46 valence electrons. The quantitative estimate of drug-likeness (QED) is 0.645. The minimum absolute atomic E-state index is 0.250. The fraction of sp³-hybridized carbons (Fsp3) is 0.667. The lowest BCUT2D eigenvalue weighted by molar-refractivity contribution is -0.136. The van der Waals surface area contributed by atoms with Crippen LogP contribution in [0.5, 0.6) is 0 Å². The van der Waals surface area contributed by atoms with Gasteiger partial charge in [0.1, 0.15) is 16.6 Å². The molecule has 0 aromatic carbocycles. The molecule has 0 aliphatic carbocycles. The van der Waals surface area contributed by atoms with Crippen molar-refractivity contribution in [1.29, 1.82) is 0 Å². The number of carboxylic acids is 1. The van der Waals surface area contributed by atoms with Crippen molar-refractivity contribution in [3.05, 3.63) is 0 Å². The first-order chi connectivity index (χ1) is 3.68. The van der Waals surface area contributed by atoms with Crippen molar-refractivity contribution in [3.63, 3.8) is 0 Å².